The van der Waals surface area contributed by atoms with Gasteiger partial charge in [-0.1, -0.05) is 17.3 Å². The van der Waals surface area contributed by atoms with E-state index in [1.807, 2.05) is 38.1 Å². The highest BCUT2D eigenvalue weighted by molar-refractivity contribution is 5.62. The number of benzene rings is 1. The number of aromatic nitrogens is 3. The predicted octanol–water partition coefficient (Wildman–Crippen LogP) is 2.57. The van der Waals surface area contributed by atoms with Crippen molar-refractivity contribution in [1.82, 2.24) is 14.9 Å². The van der Waals surface area contributed by atoms with Crippen molar-refractivity contribution in [2.24, 2.45) is 0 Å². The Morgan fingerprint density at radius 2 is 2.04 bits per heavy atom. The first-order valence-corrected chi connectivity index (χ1v) is 7.23. The lowest BCUT2D eigenvalue weighted by molar-refractivity contribution is 0.393. The molecule has 0 aliphatic carbocycles. The second kappa shape index (κ2) is 6.08. The molecule has 3 aromatic rings. The highest BCUT2D eigenvalue weighted by Gasteiger charge is 2.14. The lowest BCUT2D eigenvalue weighted by atomic mass is 10.1. The predicted molar refractivity (Wildman–Crippen MR) is 85.6 cm³/mol. The van der Waals surface area contributed by atoms with Crippen molar-refractivity contribution in [2.75, 3.05) is 7.11 Å². The molecule has 23 heavy (non-hydrogen) atoms. The van der Waals surface area contributed by atoms with Crippen molar-refractivity contribution in [3.8, 4) is 17.0 Å². The van der Waals surface area contributed by atoms with Gasteiger partial charge in [0.15, 0.2) is 0 Å². The molecule has 0 unspecified atom stereocenters. The summed E-state index contributed by atoms with van der Waals surface area (Å²) in [5, 5.41) is 8.38. The van der Waals surface area contributed by atoms with Crippen LogP contribution in [0, 0.1) is 13.8 Å². The number of hydrogen-bond donors (Lipinski definition) is 0. The molecule has 0 atom stereocenters. The Labute approximate surface area is 133 Å². The van der Waals surface area contributed by atoms with Gasteiger partial charge in [-0.3, -0.25) is 4.79 Å². The summed E-state index contributed by atoms with van der Waals surface area (Å²) in [6.45, 7) is 4.05. The fourth-order valence-corrected chi connectivity index (χ4v) is 2.49. The summed E-state index contributed by atoms with van der Waals surface area (Å²) in [6.07, 6.45) is 0. The Balaban J connectivity index is 2.00. The van der Waals surface area contributed by atoms with Crippen molar-refractivity contribution in [3.63, 3.8) is 0 Å². The minimum absolute atomic E-state index is 0.164. The third-order valence-electron chi connectivity index (χ3n) is 3.62. The van der Waals surface area contributed by atoms with Gasteiger partial charge in [-0.05, 0) is 37.6 Å². The normalized spacial score (nSPS) is 10.7. The molecule has 6 nitrogen and oxygen atoms in total. The van der Waals surface area contributed by atoms with Gasteiger partial charge in [0.1, 0.15) is 11.5 Å². The van der Waals surface area contributed by atoms with E-state index in [0.717, 1.165) is 22.6 Å². The SMILES string of the molecule is COc1cccc(Cn2nc(-c3c(C)noc3C)ccc2=O)c1. The fourth-order valence-electron chi connectivity index (χ4n) is 2.49. The number of methoxy groups -OCH3 is 1. The largest absolute Gasteiger partial charge is 0.497 e. The van der Waals surface area contributed by atoms with Crippen LogP contribution >= 0.6 is 0 Å². The molecule has 0 aliphatic rings. The van der Waals surface area contributed by atoms with Gasteiger partial charge >= 0.3 is 0 Å². The first-order chi connectivity index (χ1) is 11.1. The van der Waals surface area contributed by atoms with Crippen LogP contribution in [0.2, 0.25) is 0 Å². The summed E-state index contributed by atoms with van der Waals surface area (Å²) < 4.78 is 11.8. The molecule has 1 aromatic carbocycles. The van der Waals surface area contributed by atoms with Crippen molar-refractivity contribution >= 4 is 0 Å². The lowest BCUT2D eigenvalue weighted by Gasteiger charge is -2.08. The van der Waals surface area contributed by atoms with Gasteiger partial charge in [0.2, 0.25) is 0 Å². The Morgan fingerprint density at radius 1 is 1.22 bits per heavy atom. The number of aryl methyl sites for hydroxylation is 2. The summed E-state index contributed by atoms with van der Waals surface area (Å²) in [7, 11) is 1.61. The van der Waals surface area contributed by atoms with Gasteiger partial charge < -0.3 is 9.26 Å². The van der Waals surface area contributed by atoms with Crippen molar-refractivity contribution in [2.45, 2.75) is 20.4 Å². The van der Waals surface area contributed by atoms with Gasteiger partial charge in [-0.15, -0.1) is 0 Å². The minimum atomic E-state index is -0.164. The maximum Gasteiger partial charge on any atom is 0.267 e. The fraction of sp³-hybridized carbons (Fsp3) is 0.235. The van der Waals surface area contributed by atoms with Crippen molar-refractivity contribution < 1.29 is 9.26 Å². The average molecular weight is 311 g/mol. The average Bonchev–Trinajstić information content (AvgIpc) is 2.89. The molecular weight excluding hydrogens is 294 g/mol. The monoisotopic (exact) mass is 311 g/mol. The van der Waals surface area contributed by atoms with Crippen LogP contribution in [0.25, 0.3) is 11.3 Å². The number of hydrogen-bond acceptors (Lipinski definition) is 5. The molecule has 0 fully saturated rings. The molecule has 0 aliphatic heterocycles. The van der Waals surface area contributed by atoms with E-state index in [4.69, 9.17) is 9.26 Å². The molecule has 0 bridgehead atoms. The lowest BCUT2D eigenvalue weighted by Crippen LogP contribution is -2.22. The van der Waals surface area contributed by atoms with Crippen LogP contribution < -0.4 is 10.3 Å². The zero-order chi connectivity index (χ0) is 16.4. The summed E-state index contributed by atoms with van der Waals surface area (Å²) in [5.74, 6) is 1.43. The molecule has 2 aromatic heterocycles. The van der Waals surface area contributed by atoms with E-state index in [1.165, 1.54) is 10.7 Å². The van der Waals surface area contributed by atoms with Crippen molar-refractivity contribution in [1.29, 1.82) is 0 Å². The molecular formula is C17H17N3O3. The molecule has 0 saturated heterocycles. The Morgan fingerprint density at radius 3 is 2.74 bits per heavy atom. The molecule has 0 spiro atoms. The summed E-state index contributed by atoms with van der Waals surface area (Å²) in [6, 6.07) is 10.8. The first-order valence-electron chi connectivity index (χ1n) is 7.23. The summed E-state index contributed by atoms with van der Waals surface area (Å²) in [5.41, 5.74) is 3.02. The maximum atomic E-state index is 12.1. The van der Waals surface area contributed by atoms with E-state index >= 15 is 0 Å². The summed E-state index contributed by atoms with van der Waals surface area (Å²) >= 11 is 0. The van der Waals surface area contributed by atoms with E-state index in [1.54, 1.807) is 13.2 Å². The van der Waals surface area contributed by atoms with Crippen LogP contribution in [0.4, 0.5) is 0 Å². The molecule has 0 radical (unpaired) electrons. The van der Waals surface area contributed by atoms with E-state index in [-0.39, 0.29) is 5.56 Å². The smallest absolute Gasteiger partial charge is 0.267 e. The molecule has 3 rings (SSSR count). The van der Waals surface area contributed by atoms with Crippen LogP contribution in [-0.2, 0) is 6.54 Å². The number of ether oxygens (including phenoxy) is 1. The van der Waals surface area contributed by atoms with Gasteiger partial charge in [-0.2, -0.15) is 5.10 Å². The van der Waals surface area contributed by atoms with Crippen LogP contribution in [0.1, 0.15) is 17.0 Å². The standard InChI is InChI=1S/C17H17N3O3/c1-11-17(12(2)23-19-11)15-7-8-16(21)20(18-15)10-13-5-4-6-14(9-13)22-3/h4-9H,10H2,1-3H3. The zero-order valence-electron chi connectivity index (χ0n) is 13.2. The van der Waals surface area contributed by atoms with E-state index in [9.17, 15) is 4.79 Å². The summed E-state index contributed by atoms with van der Waals surface area (Å²) in [4.78, 5) is 12.1. The number of nitrogens with zero attached hydrogens (tertiary/aromatic N) is 3. The third kappa shape index (κ3) is 3.01. The van der Waals surface area contributed by atoms with Crippen molar-refractivity contribution in [3.05, 3.63) is 63.8 Å². The highest BCUT2D eigenvalue weighted by atomic mass is 16.5. The van der Waals surface area contributed by atoms with E-state index in [2.05, 4.69) is 10.3 Å². The minimum Gasteiger partial charge on any atom is -0.497 e. The topological polar surface area (TPSA) is 70.2 Å². The van der Waals surface area contributed by atoms with E-state index in [0.29, 0.717) is 18.0 Å². The molecule has 0 amide bonds. The molecule has 118 valence electrons. The van der Waals surface area contributed by atoms with Gasteiger partial charge in [0.05, 0.1) is 30.6 Å². The highest BCUT2D eigenvalue weighted by Crippen LogP contribution is 2.24. The van der Waals surface area contributed by atoms with Crippen LogP contribution in [0.15, 0.2) is 45.7 Å². The van der Waals surface area contributed by atoms with Gasteiger partial charge in [0.25, 0.3) is 5.56 Å². The molecule has 0 saturated carbocycles. The van der Waals surface area contributed by atoms with Gasteiger partial charge in [-0.25, -0.2) is 4.68 Å². The van der Waals surface area contributed by atoms with Crippen LogP contribution in [-0.4, -0.2) is 22.0 Å². The molecule has 6 heteroatoms. The second-order valence-corrected chi connectivity index (χ2v) is 5.27. The van der Waals surface area contributed by atoms with E-state index < -0.39 is 0 Å². The first kappa shape index (κ1) is 15.0. The molecule has 0 N–H and O–H groups in total. The zero-order valence-corrected chi connectivity index (χ0v) is 13.2. The quantitative estimate of drug-likeness (QED) is 0.740. The molecule has 2 heterocycles. The Bertz CT molecular complexity index is 877. The Kier molecular flexibility index (Phi) is 3.97. The second-order valence-electron chi connectivity index (χ2n) is 5.27. The third-order valence-corrected chi connectivity index (χ3v) is 3.62. The maximum absolute atomic E-state index is 12.1. The number of rotatable bonds is 4. The van der Waals surface area contributed by atoms with Crippen LogP contribution in [0.3, 0.4) is 0 Å². The Hall–Kier alpha value is -2.89. The van der Waals surface area contributed by atoms with Gasteiger partial charge in [0, 0.05) is 6.07 Å². The van der Waals surface area contributed by atoms with Crippen LogP contribution in [0.5, 0.6) is 5.75 Å².